The smallest absolute Gasteiger partial charge is 0.257 e. The Kier molecular flexibility index (Phi) is 5.06. The molecule has 0 spiro atoms. The molecule has 0 aliphatic carbocycles. The molecule has 2 heterocycles. The number of carbonyl (C=O) groups is 1. The molecule has 6 nitrogen and oxygen atoms in total. The first-order chi connectivity index (χ1) is 11.7. The van der Waals surface area contributed by atoms with Crippen LogP contribution >= 0.6 is 11.6 Å². The van der Waals surface area contributed by atoms with Gasteiger partial charge in [-0.2, -0.15) is 5.26 Å². The number of nitrogens with zero attached hydrogens (tertiary/aromatic N) is 2. The first-order valence-corrected chi connectivity index (χ1v) is 7.84. The van der Waals surface area contributed by atoms with Gasteiger partial charge in [-0.05, 0) is 30.3 Å². The maximum atomic E-state index is 12.4. The third kappa shape index (κ3) is 3.71. The first-order valence-electron chi connectivity index (χ1n) is 7.46. The highest BCUT2D eigenvalue weighted by atomic mass is 35.5. The maximum absolute atomic E-state index is 12.4. The third-order valence-electron chi connectivity index (χ3n) is 3.64. The van der Waals surface area contributed by atoms with E-state index < -0.39 is 0 Å². The van der Waals surface area contributed by atoms with Crippen molar-refractivity contribution < 1.29 is 9.53 Å². The van der Waals surface area contributed by atoms with E-state index in [1.54, 1.807) is 24.4 Å². The number of rotatable bonds is 3. The van der Waals surface area contributed by atoms with E-state index in [2.05, 4.69) is 15.6 Å². The van der Waals surface area contributed by atoms with E-state index in [1.165, 1.54) is 12.1 Å². The van der Waals surface area contributed by atoms with Gasteiger partial charge in [0.05, 0.1) is 34.5 Å². The zero-order chi connectivity index (χ0) is 16.9. The Hall–Kier alpha value is -2.46. The summed E-state index contributed by atoms with van der Waals surface area (Å²) >= 11 is 6.06. The average molecular weight is 343 g/mol. The fraction of sp³-hybridized carbons (Fsp3) is 0.235. The van der Waals surface area contributed by atoms with Crippen molar-refractivity contribution in [2.24, 2.45) is 0 Å². The van der Waals surface area contributed by atoms with Crippen LogP contribution in [0, 0.1) is 11.3 Å². The molecular formula is C17H15ClN4O2. The molecule has 1 amide bonds. The van der Waals surface area contributed by atoms with Crippen LogP contribution in [0.3, 0.4) is 0 Å². The van der Waals surface area contributed by atoms with Gasteiger partial charge in [-0.3, -0.25) is 9.78 Å². The number of halogens is 1. The van der Waals surface area contributed by atoms with Crippen molar-refractivity contribution >= 4 is 23.2 Å². The average Bonchev–Trinajstić information content (AvgIpc) is 2.63. The van der Waals surface area contributed by atoms with Crippen molar-refractivity contribution in [2.75, 3.05) is 25.0 Å². The molecule has 24 heavy (non-hydrogen) atoms. The number of aromatic nitrogens is 1. The van der Waals surface area contributed by atoms with Crippen LogP contribution in [0.1, 0.15) is 27.7 Å². The normalized spacial score (nSPS) is 17.1. The van der Waals surface area contributed by atoms with Crippen molar-refractivity contribution in [1.29, 1.82) is 5.26 Å². The van der Waals surface area contributed by atoms with Crippen molar-refractivity contribution in [2.45, 2.75) is 6.10 Å². The van der Waals surface area contributed by atoms with Crippen LogP contribution in [0.15, 0.2) is 36.5 Å². The number of nitrogens with one attached hydrogen (secondary N) is 2. The maximum Gasteiger partial charge on any atom is 0.257 e. The Morgan fingerprint density at radius 2 is 2.29 bits per heavy atom. The fourth-order valence-corrected chi connectivity index (χ4v) is 2.63. The largest absolute Gasteiger partial charge is 0.369 e. The van der Waals surface area contributed by atoms with E-state index in [0.717, 1.165) is 12.2 Å². The highest BCUT2D eigenvalue weighted by Gasteiger charge is 2.18. The summed E-state index contributed by atoms with van der Waals surface area (Å²) in [5.74, 6) is -0.378. The second kappa shape index (κ2) is 7.41. The lowest BCUT2D eigenvalue weighted by molar-refractivity contribution is 0.0250. The van der Waals surface area contributed by atoms with Crippen LogP contribution in [0.25, 0.3) is 0 Å². The minimum atomic E-state index is -0.378. The first kappa shape index (κ1) is 16.4. The lowest BCUT2D eigenvalue weighted by Crippen LogP contribution is -2.33. The summed E-state index contributed by atoms with van der Waals surface area (Å²) in [4.78, 5) is 16.7. The van der Waals surface area contributed by atoms with E-state index in [4.69, 9.17) is 21.6 Å². The Labute approximate surface area is 144 Å². The summed E-state index contributed by atoms with van der Waals surface area (Å²) in [5, 5.41) is 15.3. The van der Waals surface area contributed by atoms with Crippen LogP contribution in [-0.4, -0.2) is 30.6 Å². The van der Waals surface area contributed by atoms with E-state index >= 15 is 0 Å². The number of benzene rings is 1. The summed E-state index contributed by atoms with van der Waals surface area (Å²) in [7, 11) is 0. The van der Waals surface area contributed by atoms with Gasteiger partial charge >= 0.3 is 0 Å². The Balaban J connectivity index is 1.78. The van der Waals surface area contributed by atoms with Gasteiger partial charge in [-0.1, -0.05) is 11.6 Å². The number of amides is 1. The number of hydrogen-bond acceptors (Lipinski definition) is 5. The highest BCUT2D eigenvalue weighted by molar-refractivity contribution is 6.34. The van der Waals surface area contributed by atoms with Crippen LogP contribution in [0.5, 0.6) is 0 Å². The van der Waals surface area contributed by atoms with Crippen LogP contribution in [0.4, 0.5) is 5.69 Å². The number of ether oxygens (including phenoxy) is 1. The molecule has 2 N–H and O–H groups in total. The van der Waals surface area contributed by atoms with Gasteiger partial charge in [0.1, 0.15) is 6.10 Å². The molecule has 1 atom stereocenters. The van der Waals surface area contributed by atoms with E-state index in [1.807, 2.05) is 6.07 Å². The van der Waals surface area contributed by atoms with Gasteiger partial charge in [0.25, 0.3) is 5.91 Å². The van der Waals surface area contributed by atoms with Gasteiger partial charge in [-0.15, -0.1) is 0 Å². The van der Waals surface area contributed by atoms with Crippen molar-refractivity contribution in [1.82, 2.24) is 10.3 Å². The monoisotopic (exact) mass is 342 g/mol. The molecule has 1 aromatic carbocycles. The number of carbonyl (C=O) groups excluding carboxylic acids is 1. The second-order valence-corrected chi connectivity index (χ2v) is 5.70. The lowest BCUT2D eigenvalue weighted by atomic mass is 10.1. The number of nitriles is 1. The summed E-state index contributed by atoms with van der Waals surface area (Å²) in [5.41, 5.74) is 1.97. The third-order valence-corrected chi connectivity index (χ3v) is 3.97. The van der Waals surface area contributed by atoms with Crippen molar-refractivity contribution in [3.05, 3.63) is 58.4 Å². The SMILES string of the molecule is N#Cc1ccc(Cl)c(C(=O)Nc2ccnc(C3CNCCO3)c2)c1. The van der Waals surface area contributed by atoms with Gasteiger partial charge in [-0.25, -0.2) is 0 Å². The number of anilines is 1. The molecule has 122 valence electrons. The lowest BCUT2D eigenvalue weighted by Gasteiger charge is -2.23. The summed E-state index contributed by atoms with van der Waals surface area (Å²) < 4.78 is 5.66. The quantitative estimate of drug-likeness (QED) is 0.895. The Morgan fingerprint density at radius 1 is 1.42 bits per heavy atom. The summed E-state index contributed by atoms with van der Waals surface area (Å²) in [6.07, 6.45) is 1.48. The van der Waals surface area contributed by atoms with E-state index in [-0.39, 0.29) is 17.6 Å². The molecule has 1 aromatic heterocycles. The number of morpholine rings is 1. The van der Waals surface area contributed by atoms with Crippen LogP contribution < -0.4 is 10.6 Å². The molecule has 1 aliphatic heterocycles. The van der Waals surface area contributed by atoms with Gasteiger partial charge in [0, 0.05) is 25.0 Å². The number of pyridine rings is 1. The van der Waals surface area contributed by atoms with Crippen LogP contribution in [-0.2, 0) is 4.74 Å². The van der Waals surface area contributed by atoms with Gasteiger partial charge in [0.15, 0.2) is 0 Å². The summed E-state index contributed by atoms with van der Waals surface area (Å²) in [6, 6.07) is 10.0. The predicted octanol–water partition coefficient (Wildman–Crippen LogP) is 2.52. The molecule has 1 fully saturated rings. The minimum Gasteiger partial charge on any atom is -0.369 e. The standard InChI is InChI=1S/C17H15ClN4O2/c18-14-2-1-11(9-19)7-13(14)17(23)22-12-3-4-21-15(8-12)16-10-20-5-6-24-16/h1-4,7-8,16,20H,5-6,10H2,(H,21,22,23). The van der Waals surface area contributed by atoms with Crippen molar-refractivity contribution in [3.63, 3.8) is 0 Å². The molecule has 1 aliphatic rings. The van der Waals surface area contributed by atoms with Gasteiger partial charge < -0.3 is 15.4 Å². The molecule has 2 aromatic rings. The zero-order valence-electron chi connectivity index (χ0n) is 12.8. The Morgan fingerprint density at radius 3 is 3.04 bits per heavy atom. The molecule has 3 rings (SSSR count). The second-order valence-electron chi connectivity index (χ2n) is 5.29. The molecule has 0 radical (unpaired) electrons. The highest BCUT2D eigenvalue weighted by Crippen LogP contribution is 2.22. The van der Waals surface area contributed by atoms with Gasteiger partial charge in [0.2, 0.25) is 0 Å². The van der Waals surface area contributed by atoms with Crippen LogP contribution in [0.2, 0.25) is 5.02 Å². The van der Waals surface area contributed by atoms with E-state index in [0.29, 0.717) is 29.4 Å². The fourth-order valence-electron chi connectivity index (χ4n) is 2.42. The van der Waals surface area contributed by atoms with E-state index in [9.17, 15) is 4.79 Å². The molecule has 0 bridgehead atoms. The predicted molar refractivity (Wildman–Crippen MR) is 89.9 cm³/mol. The zero-order valence-corrected chi connectivity index (χ0v) is 13.5. The molecular weight excluding hydrogens is 328 g/mol. The molecule has 1 unspecified atom stereocenters. The molecule has 0 saturated carbocycles. The molecule has 1 saturated heterocycles. The van der Waals surface area contributed by atoms with Crippen molar-refractivity contribution in [3.8, 4) is 6.07 Å². The minimum absolute atomic E-state index is 0.138. The Bertz CT molecular complexity index is 797. The molecule has 7 heteroatoms. The summed E-state index contributed by atoms with van der Waals surface area (Å²) in [6.45, 7) is 2.13. The topological polar surface area (TPSA) is 87.0 Å². The number of hydrogen-bond donors (Lipinski definition) is 2.